The molecular formula is C22H31BN7O3+. The number of esters is 1. The number of carbonyl (C=O) groups excluding carboxylic acids is 1. The fraction of sp³-hybridized carbons (Fsp3) is 0.455. The van der Waals surface area contributed by atoms with Crippen molar-refractivity contribution in [2.45, 2.75) is 38.3 Å². The molecule has 1 atom stereocenters. The Balaban J connectivity index is 1.57. The van der Waals surface area contributed by atoms with E-state index in [1.807, 2.05) is 43.1 Å². The highest BCUT2D eigenvalue weighted by Crippen LogP contribution is 2.27. The lowest BCUT2D eigenvalue weighted by Crippen LogP contribution is -2.41. The molecule has 0 aliphatic carbocycles. The van der Waals surface area contributed by atoms with Gasteiger partial charge in [-0.1, -0.05) is 0 Å². The molecule has 0 unspecified atom stereocenters. The van der Waals surface area contributed by atoms with E-state index in [2.05, 4.69) is 21.4 Å². The Kier molecular flexibility index (Phi) is 7.28. The van der Waals surface area contributed by atoms with Crippen molar-refractivity contribution in [2.24, 2.45) is 5.73 Å². The van der Waals surface area contributed by atoms with Crippen molar-refractivity contribution in [1.29, 1.82) is 0 Å². The lowest BCUT2D eigenvalue weighted by atomic mass is 9.99. The van der Waals surface area contributed by atoms with Crippen LogP contribution in [0, 0.1) is 0 Å². The van der Waals surface area contributed by atoms with Gasteiger partial charge in [0, 0.05) is 54.2 Å². The molecule has 3 N–H and O–H groups in total. The number of nitrogens with one attached hydrogen (secondary N) is 1. The smallest absolute Gasteiger partial charge is 0.319 e. The Bertz CT molecular complexity index is 1110. The Hall–Kier alpha value is -3.34. The third-order valence-electron chi connectivity index (χ3n) is 5.96. The van der Waals surface area contributed by atoms with E-state index >= 15 is 0 Å². The maximum atomic E-state index is 11.4. The molecule has 3 aromatic heterocycles. The van der Waals surface area contributed by atoms with Gasteiger partial charge in [0.05, 0.1) is 13.2 Å². The van der Waals surface area contributed by atoms with Crippen molar-refractivity contribution in [1.82, 2.24) is 14.6 Å². The first-order valence-electron chi connectivity index (χ1n) is 11.4. The van der Waals surface area contributed by atoms with Crippen LogP contribution in [0.25, 0.3) is 5.65 Å². The van der Waals surface area contributed by atoms with Crippen LogP contribution >= 0.6 is 0 Å². The van der Waals surface area contributed by atoms with Gasteiger partial charge in [0.2, 0.25) is 12.4 Å². The van der Waals surface area contributed by atoms with Crippen LogP contribution in [0.1, 0.15) is 31.2 Å². The summed E-state index contributed by atoms with van der Waals surface area (Å²) in [6, 6.07) is 6.29. The number of nitrogens with zero attached hydrogens (tertiary/aromatic N) is 5. The SMILES string of the molecule is Bc1cnn2c(NCc3ccc[n+](OC)c3)cc(N3CCCC[C@H]3CCOC(=O)CN)nc12. The van der Waals surface area contributed by atoms with E-state index in [1.54, 1.807) is 11.8 Å². The number of carbonyl (C=O) groups is 1. The van der Waals surface area contributed by atoms with Crippen LogP contribution in [-0.4, -0.2) is 61.3 Å². The third-order valence-corrected chi connectivity index (χ3v) is 5.96. The number of fused-ring (bicyclic) bond motifs is 1. The van der Waals surface area contributed by atoms with Crippen molar-refractivity contribution < 1.29 is 19.1 Å². The molecule has 0 aromatic carbocycles. The van der Waals surface area contributed by atoms with Crippen LogP contribution in [0.3, 0.4) is 0 Å². The van der Waals surface area contributed by atoms with E-state index in [4.69, 9.17) is 20.3 Å². The fourth-order valence-electron chi connectivity index (χ4n) is 4.21. The summed E-state index contributed by atoms with van der Waals surface area (Å²) in [6.07, 6.45) is 9.66. The van der Waals surface area contributed by atoms with Crippen molar-refractivity contribution in [3.05, 3.63) is 42.4 Å². The van der Waals surface area contributed by atoms with E-state index in [1.165, 1.54) is 0 Å². The minimum absolute atomic E-state index is 0.0894. The lowest BCUT2D eigenvalue weighted by Gasteiger charge is -2.37. The molecule has 1 fully saturated rings. The van der Waals surface area contributed by atoms with Gasteiger partial charge in [0.1, 0.15) is 26.6 Å². The molecule has 1 aliphatic rings. The van der Waals surface area contributed by atoms with Gasteiger partial charge in [0.15, 0.2) is 5.65 Å². The number of rotatable bonds is 9. The molecule has 4 heterocycles. The topological polar surface area (TPSA) is 111 Å². The Morgan fingerprint density at radius 3 is 3.12 bits per heavy atom. The number of ether oxygens (including phenoxy) is 1. The highest BCUT2D eigenvalue weighted by Gasteiger charge is 2.25. The van der Waals surface area contributed by atoms with Crippen LogP contribution in [0.5, 0.6) is 0 Å². The monoisotopic (exact) mass is 452 g/mol. The van der Waals surface area contributed by atoms with Gasteiger partial charge in [0.25, 0.3) is 0 Å². The van der Waals surface area contributed by atoms with E-state index < -0.39 is 0 Å². The zero-order chi connectivity index (χ0) is 23.2. The first-order valence-corrected chi connectivity index (χ1v) is 11.4. The summed E-state index contributed by atoms with van der Waals surface area (Å²) < 4.78 is 8.74. The largest absolute Gasteiger partial charge is 0.465 e. The van der Waals surface area contributed by atoms with Crippen LogP contribution in [0.15, 0.2) is 36.8 Å². The standard InChI is InChI=1S/C22H31BN7O3/c1-32-28-8-4-5-16(15-28)13-25-19-11-20(27-22-18(23)14-26-30(19)22)29-9-3-2-6-17(29)7-10-33-21(31)12-24/h4-5,8,11,14-15,17,25H,2-3,6-7,9-10,12-13,23-24H2,1H3/q+1/t17-/m0/s1. The molecule has 3 aromatic rings. The van der Waals surface area contributed by atoms with Crippen LogP contribution < -0.4 is 31.0 Å². The molecule has 0 saturated carbocycles. The van der Waals surface area contributed by atoms with Gasteiger partial charge in [-0.05, 0) is 30.8 Å². The molecule has 33 heavy (non-hydrogen) atoms. The second-order valence-corrected chi connectivity index (χ2v) is 8.23. The van der Waals surface area contributed by atoms with Crippen molar-refractivity contribution in [2.75, 3.05) is 37.0 Å². The average Bonchev–Trinajstić information content (AvgIpc) is 3.23. The average molecular weight is 452 g/mol. The summed E-state index contributed by atoms with van der Waals surface area (Å²) in [5, 5.41) is 8.03. The first-order chi connectivity index (χ1) is 16.1. The maximum absolute atomic E-state index is 11.4. The Morgan fingerprint density at radius 2 is 2.30 bits per heavy atom. The number of hydrogen-bond donors (Lipinski definition) is 2. The Labute approximate surface area is 194 Å². The predicted molar refractivity (Wildman–Crippen MR) is 127 cm³/mol. The van der Waals surface area contributed by atoms with Gasteiger partial charge in [-0.2, -0.15) is 9.61 Å². The van der Waals surface area contributed by atoms with Gasteiger partial charge in [-0.3, -0.25) is 9.63 Å². The molecule has 0 spiro atoms. The molecule has 1 aliphatic heterocycles. The zero-order valence-electron chi connectivity index (χ0n) is 19.2. The summed E-state index contributed by atoms with van der Waals surface area (Å²) in [5.74, 6) is 1.41. The summed E-state index contributed by atoms with van der Waals surface area (Å²) in [5.41, 5.74) is 8.27. The quantitative estimate of drug-likeness (QED) is 0.247. The minimum atomic E-state index is -0.367. The number of hydrogen-bond acceptors (Lipinski definition) is 8. The molecule has 0 radical (unpaired) electrons. The maximum Gasteiger partial charge on any atom is 0.319 e. The van der Waals surface area contributed by atoms with E-state index in [-0.39, 0.29) is 18.6 Å². The van der Waals surface area contributed by atoms with Gasteiger partial charge in [-0.15, -0.1) is 0 Å². The molecule has 174 valence electrons. The third kappa shape index (κ3) is 5.36. The van der Waals surface area contributed by atoms with Crippen LogP contribution in [0.4, 0.5) is 11.6 Å². The zero-order valence-corrected chi connectivity index (χ0v) is 19.2. The number of anilines is 2. The summed E-state index contributed by atoms with van der Waals surface area (Å²) in [6.45, 7) is 1.80. The van der Waals surface area contributed by atoms with Gasteiger partial charge >= 0.3 is 5.97 Å². The lowest BCUT2D eigenvalue weighted by molar-refractivity contribution is -0.885. The fourth-order valence-corrected chi connectivity index (χ4v) is 4.21. The van der Waals surface area contributed by atoms with Crippen LogP contribution in [-0.2, 0) is 16.1 Å². The summed E-state index contributed by atoms with van der Waals surface area (Å²) in [7, 11) is 3.65. The van der Waals surface area contributed by atoms with Crippen molar-refractivity contribution in [3.63, 3.8) is 0 Å². The molecule has 10 nitrogen and oxygen atoms in total. The first kappa shape index (κ1) is 22.8. The molecule has 1 saturated heterocycles. The van der Waals surface area contributed by atoms with E-state index in [0.29, 0.717) is 13.2 Å². The number of aromatic nitrogens is 4. The van der Waals surface area contributed by atoms with E-state index in [9.17, 15) is 4.79 Å². The highest BCUT2D eigenvalue weighted by molar-refractivity contribution is 6.36. The second kappa shape index (κ2) is 10.5. The molecule has 4 rings (SSSR count). The molecule has 11 heteroatoms. The normalized spacial score (nSPS) is 16.1. The second-order valence-electron chi connectivity index (χ2n) is 8.23. The summed E-state index contributed by atoms with van der Waals surface area (Å²) >= 11 is 0. The molecule has 0 amide bonds. The van der Waals surface area contributed by atoms with Gasteiger partial charge in [-0.25, -0.2) is 4.98 Å². The van der Waals surface area contributed by atoms with Crippen molar-refractivity contribution >= 4 is 36.6 Å². The molecule has 0 bridgehead atoms. The van der Waals surface area contributed by atoms with Crippen LogP contribution in [0.2, 0.25) is 0 Å². The summed E-state index contributed by atoms with van der Waals surface area (Å²) in [4.78, 5) is 24.0. The highest BCUT2D eigenvalue weighted by atomic mass is 16.6. The van der Waals surface area contributed by atoms with Gasteiger partial charge < -0.3 is 20.7 Å². The van der Waals surface area contributed by atoms with Crippen molar-refractivity contribution in [3.8, 4) is 0 Å². The Morgan fingerprint density at radius 1 is 1.42 bits per heavy atom. The number of nitrogens with two attached hydrogens (primary N) is 1. The molecular weight excluding hydrogens is 421 g/mol. The minimum Gasteiger partial charge on any atom is -0.465 e. The number of piperidine rings is 1. The van der Waals surface area contributed by atoms with E-state index in [0.717, 1.165) is 60.5 Å². The number of pyridine rings is 1. The predicted octanol–water partition coefficient (Wildman–Crippen LogP) is -0.803.